The molecule has 1 aromatic rings. The number of hydrogen-bond donors (Lipinski definition) is 2. The SMILES string of the molecule is CCOc1ccc(SCC(=O)NCCN)cc1. The summed E-state index contributed by atoms with van der Waals surface area (Å²) in [6.45, 7) is 3.61. The largest absolute Gasteiger partial charge is 0.494 e. The smallest absolute Gasteiger partial charge is 0.230 e. The van der Waals surface area contributed by atoms with Gasteiger partial charge in [0.1, 0.15) is 5.75 Å². The minimum atomic E-state index is 0.00864. The Morgan fingerprint density at radius 3 is 2.71 bits per heavy atom. The maximum Gasteiger partial charge on any atom is 0.230 e. The maximum atomic E-state index is 11.3. The van der Waals surface area contributed by atoms with Crippen molar-refractivity contribution in [2.24, 2.45) is 5.73 Å². The maximum absolute atomic E-state index is 11.3. The lowest BCUT2D eigenvalue weighted by molar-refractivity contribution is -0.118. The molecule has 0 saturated carbocycles. The van der Waals surface area contributed by atoms with Crippen LogP contribution in [0.1, 0.15) is 6.92 Å². The van der Waals surface area contributed by atoms with Crippen molar-refractivity contribution < 1.29 is 9.53 Å². The number of carbonyl (C=O) groups is 1. The lowest BCUT2D eigenvalue weighted by atomic mass is 10.3. The fraction of sp³-hybridized carbons (Fsp3) is 0.417. The van der Waals surface area contributed by atoms with Gasteiger partial charge in [-0.15, -0.1) is 11.8 Å². The molecule has 0 unspecified atom stereocenters. The first-order valence-electron chi connectivity index (χ1n) is 5.58. The molecule has 0 fully saturated rings. The van der Waals surface area contributed by atoms with Crippen LogP contribution in [0.4, 0.5) is 0 Å². The first-order chi connectivity index (χ1) is 8.26. The van der Waals surface area contributed by atoms with Crippen LogP contribution in [0.25, 0.3) is 0 Å². The van der Waals surface area contributed by atoms with Crippen LogP contribution >= 0.6 is 11.8 Å². The Balaban J connectivity index is 2.34. The third-order valence-electron chi connectivity index (χ3n) is 1.97. The van der Waals surface area contributed by atoms with Crippen molar-refractivity contribution in [2.75, 3.05) is 25.4 Å². The van der Waals surface area contributed by atoms with E-state index in [1.165, 1.54) is 11.8 Å². The van der Waals surface area contributed by atoms with Crippen LogP contribution in [0.3, 0.4) is 0 Å². The van der Waals surface area contributed by atoms with Crippen molar-refractivity contribution in [3.63, 3.8) is 0 Å². The van der Waals surface area contributed by atoms with Crippen molar-refractivity contribution in [1.82, 2.24) is 5.32 Å². The van der Waals surface area contributed by atoms with Gasteiger partial charge in [0.25, 0.3) is 0 Å². The monoisotopic (exact) mass is 254 g/mol. The average molecular weight is 254 g/mol. The van der Waals surface area contributed by atoms with E-state index in [0.717, 1.165) is 10.6 Å². The highest BCUT2D eigenvalue weighted by Crippen LogP contribution is 2.21. The van der Waals surface area contributed by atoms with E-state index in [4.69, 9.17) is 10.5 Å². The van der Waals surface area contributed by atoms with E-state index in [2.05, 4.69) is 5.32 Å². The molecule has 0 aliphatic heterocycles. The number of rotatable bonds is 7. The van der Waals surface area contributed by atoms with Gasteiger partial charge in [0, 0.05) is 18.0 Å². The Morgan fingerprint density at radius 2 is 2.12 bits per heavy atom. The topological polar surface area (TPSA) is 64.3 Å². The molecule has 0 aromatic heterocycles. The number of ether oxygens (including phenoxy) is 1. The number of benzene rings is 1. The minimum absolute atomic E-state index is 0.00864. The number of thioether (sulfide) groups is 1. The average Bonchev–Trinajstić information content (AvgIpc) is 2.36. The molecule has 0 saturated heterocycles. The van der Waals surface area contributed by atoms with Gasteiger partial charge in [-0.2, -0.15) is 0 Å². The van der Waals surface area contributed by atoms with Gasteiger partial charge in [-0.1, -0.05) is 0 Å². The highest BCUT2D eigenvalue weighted by Gasteiger charge is 2.02. The summed E-state index contributed by atoms with van der Waals surface area (Å²) in [6.07, 6.45) is 0. The number of nitrogens with one attached hydrogen (secondary N) is 1. The highest BCUT2D eigenvalue weighted by molar-refractivity contribution is 8.00. The predicted octanol–water partition coefficient (Wildman–Crippen LogP) is 1.25. The number of nitrogens with two attached hydrogens (primary N) is 1. The second-order valence-corrected chi connectivity index (χ2v) is 4.38. The van der Waals surface area contributed by atoms with Crippen LogP contribution in [-0.4, -0.2) is 31.4 Å². The van der Waals surface area contributed by atoms with Crippen molar-refractivity contribution in [3.05, 3.63) is 24.3 Å². The molecule has 0 aliphatic rings. The van der Waals surface area contributed by atoms with Crippen LogP contribution in [0.5, 0.6) is 5.75 Å². The predicted molar refractivity (Wildman–Crippen MR) is 70.4 cm³/mol. The van der Waals surface area contributed by atoms with E-state index in [-0.39, 0.29) is 5.91 Å². The molecule has 1 aromatic carbocycles. The normalized spacial score (nSPS) is 10.0. The first-order valence-corrected chi connectivity index (χ1v) is 6.57. The Morgan fingerprint density at radius 1 is 1.41 bits per heavy atom. The van der Waals surface area contributed by atoms with Gasteiger partial charge in [-0.3, -0.25) is 4.79 Å². The standard InChI is InChI=1S/C12H18N2O2S/c1-2-16-10-3-5-11(6-4-10)17-9-12(15)14-8-7-13/h3-6H,2,7-9,13H2,1H3,(H,14,15). The molecule has 5 heteroatoms. The van der Waals surface area contributed by atoms with Gasteiger partial charge in [0.05, 0.1) is 12.4 Å². The number of carbonyl (C=O) groups excluding carboxylic acids is 1. The Bertz CT molecular complexity index is 341. The summed E-state index contributed by atoms with van der Waals surface area (Å²) in [5, 5.41) is 2.72. The lowest BCUT2D eigenvalue weighted by Crippen LogP contribution is -2.30. The first kappa shape index (κ1) is 13.9. The molecule has 17 heavy (non-hydrogen) atoms. The summed E-state index contributed by atoms with van der Waals surface area (Å²) >= 11 is 1.50. The van der Waals surface area contributed by atoms with Crippen LogP contribution < -0.4 is 15.8 Å². The summed E-state index contributed by atoms with van der Waals surface area (Å²) in [6, 6.07) is 7.71. The van der Waals surface area contributed by atoms with Crippen LogP contribution in [0.2, 0.25) is 0 Å². The van der Waals surface area contributed by atoms with E-state index in [1.807, 2.05) is 31.2 Å². The highest BCUT2D eigenvalue weighted by atomic mass is 32.2. The van der Waals surface area contributed by atoms with Crippen LogP contribution in [0, 0.1) is 0 Å². The number of hydrogen-bond acceptors (Lipinski definition) is 4. The molecular weight excluding hydrogens is 236 g/mol. The summed E-state index contributed by atoms with van der Waals surface area (Å²) in [5.41, 5.74) is 5.29. The van der Waals surface area contributed by atoms with Crippen LogP contribution in [-0.2, 0) is 4.79 Å². The molecule has 0 spiro atoms. The molecule has 1 rings (SSSR count). The molecule has 4 nitrogen and oxygen atoms in total. The third-order valence-corrected chi connectivity index (χ3v) is 2.98. The van der Waals surface area contributed by atoms with E-state index in [0.29, 0.717) is 25.4 Å². The molecule has 0 radical (unpaired) electrons. The van der Waals surface area contributed by atoms with Gasteiger partial charge in [-0.05, 0) is 31.2 Å². The Labute approximate surface area is 106 Å². The summed E-state index contributed by atoms with van der Waals surface area (Å²) < 4.78 is 5.34. The third kappa shape index (κ3) is 5.60. The van der Waals surface area contributed by atoms with Gasteiger partial charge < -0.3 is 15.8 Å². The van der Waals surface area contributed by atoms with Crippen molar-refractivity contribution in [2.45, 2.75) is 11.8 Å². The molecule has 1 amide bonds. The fourth-order valence-electron chi connectivity index (χ4n) is 1.21. The molecule has 3 N–H and O–H groups in total. The number of amides is 1. The Hall–Kier alpha value is -1.20. The second kappa shape index (κ2) is 7.97. The zero-order valence-corrected chi connectivity index (χ0v) is 10.8. The second-order valence-electron chi connectivity index (χ2n) is 3.33. The van der Waals surface area contributed by atoms with Gasteiger partial charge in [0.2, 0.25) is 5.91 Å². The molecule has 94 valence electrons. The molecule has 0 heterocycles. The van der Waals surface area contributed by atoms with Crippen LogP contribution in [0.15, 0.2) is 29.2 Å². The zero-order valence-electron chi connectivity index (χ0n) is 9.94. The van der Waals surface area contributed by atoms with E-state index in [9.17, 15) is 4.79 Å². The zero-order chi connectivity index (χ0) is 12.5. The van der Waals surface area contributed by atoms with Gasteiger partial charge in [-0.25, -0.2) is 0 Å². The molecule has 0 bridgehead atoms. The van der Waals surface area contributed by atoms with Crippen molar-refractivity contribution >= 4 is 17.7 Å². The summed E-state index contributed by atoms with van der Waals surface area (Å²) in [7, 11) is 0. The lowest BCUT2D eigenvalue weighted by Gasteiger charge is -2.05. The van der Waals surface area contributed by atoms with Crippen molar-refractivity contribution in [3.8, 4) is 5.75 Å². The fourth-order valence-corrected chi connectivity index (χ4v) is 1.94. The molecular formula is C12H18N2O2S. The summed E-state index contributed by atoms with van der Waals surface area (Å²) in [5.74, 6) is 1.27. The van der Waals surface area contributed by atoms with Gasteiger partial charge in [0.15, 0.2) is 0 Å². The molecule has 0 atom stereocenters. The van der Waals surface area contributed by atoms with E-state index >= 15 is 0 Å². The summed E-state index contributed by atoms with van der Waals surface area (Å²) in [4.78, 5) is 12.4. The quantitative estimate of drug-likeness (QED) is 0.719. The molecule has 0 aliphatic carbocycles. The minimum Gasteiger partial charge on any atom is -0.494 e. The Kier molecular flexibility index (Phi) is 6.50. The van der Waals surface area contributed by atoms with E-state index < -0.39 is 0 Å². The van der Waals surface area contributed by atoms with Gasteiger partial charge >= 0.3 is 0 Å². The van der Waals surface area contributed by atoms with E-state index in [1.54, 1.807) is 0 Å². The van der Waals surface area contributed by atoms with Crippen molar-refractivity contribution in [1.29, 1.82) is 0 Å².